The fraction of sp³-hybridized carbons (Fsp3) is 0.458. The van der Waals surface area contributed by atoms with Crippen molar-refractivity contribution in [2.24, 2.45) is 5.92 Å². The van der Waals surface area contributed by atoms with E-state index in [1.807, 2.05) is 24.7 Å². The first-order valence-corrected chi connectivity index (χ1v) is 11.0. The number of imidazole rings is 1. The first-order chi connectivity index (χ1) is 14.2. The Morgan fingerprint density at radius 1 is 1.03 bits per heavy atom. The van der Waals surface area contributed by atoms with Crippen LogP contribution in [0.2, 0.25) is 5.02 Å². The summed E-state index contributed by atoms with van der Waals surface area (Å²) in [6, 6.07) is 10.3. The standard InChI is InChI=1S/C24H27ClN2O2/c1-29-19-9-11-20(22(25)12-19)15-4-6-17(7-5-15)24(28)23-21(16-2-3-16)10-8-18-13-26-14-27(18)23/h8-17,24,28H,2-7H2,1H3/t15?,17?,24-/m1/s1. The number of pyridine rings is 1. The number of rotatable bonds is 5. The highest BCUT2D eigenvalue weighted by Crippen LogP contribution is 2.47. The van der Waals surface area contributed by atoms with E-state index in [2.05, 4.69) is 27.6 Å². The number of aliphatic hydroxyl groups is 1. The van der Waals surface area contributed by atoms with E-state index >= 15 is 0 Å². The summed E-state index contributed by atoms with van der Waals surface area (Å²) in [5.41, 5.74) is 4.63. The van der Waals surface area contributed by atoms with Crippen molar-refractivity contribution in [2.45, 2.75) is 56.5 Å². The first-order valence-electron chi connectivity index (χ1n) is 10.6. The number of halogens is 1. The fourth-order valence-electron chi connectivity index (χ4n) is 5.02. The van der Waals surface area contributed by atoms with E-state index in [1.54, 1.807) is 7.11 Å². The average Bonchev–Trinajstić information content (AvgIpc) is 3.49. The lowest BCUT2D eigenvalue weighted by atomic mass is 9.75. The molecule has 2 aromatic heterocycles. The summed E-state index contributed by atoms with van der Waals surface area (Å²) in [6.07, 6.45) is 9.82. The van der Waals surface area contributed by atoms with Gasteiger partial charge in [0.1, 0.15) is 5.75 Å². The SMILES string of the molecule is COc1ccc(C2CCC([C@@H](O)c3c(C4CC4)ccc4cncn34)CC2)c(Cl)c1. The monoisotopic (exact) mass is 410 g/mol. The summed E-state index contributed by atoms with van der Waals surface area (Å²) < 4.78 is 7.38. The molecule has 0 spiro atoms. The van der Waals surface area contributed by atoms with Crippen LogP contribution in [0.1, 0.15) is 73.3 Å². The van der Waals surface area contributed by atoms with Crippen LogP contribution < -0.4 is 4.74 Å². The molecule has 2 heterocycles. The molecule has 0 saturated heterocycles. The van der Waals surface area contributed by atoms with E-state index in [0.717, 1.165) is 47.7 Å². The van der Waals surface area contributed by atoms with Crippen molar-refractivity contribution in [1.82, 2.24) is 9.38 Å². The summed E-state index contributed by atoms with van der Waals surface area (Å²) in [4.78, 5) is 4.31. The number of hydrogen-bond donors (Lipinski definition) is 1. The summed E-state index contributed by atoms with van der Waals surface area (Å²) in [5, 5.41) is 12.2. The van der Waals surface area contributed by atoms with Gasteiger partial charge >= 0.3 is 0 Å². The van der Waals surface area contributed by atoms with Gasteiger partial charge in [-0.1, -0.05) is 23.7 Å². The maximum absolute atomic E-state index is 11.4. The summed E-state index contributed by atoms with van der Waals surface area (Å²) in [6.45, 7) is 0. The van der Waals surface area contributed by atoms with Gasteiger partial charge in [0.15, 0.2) is 0 Å². The molecule has 29 heavy (non-hydrogen) atoms. The molecule has 1 N–H and O–H groups in total. The molecule has 1 aromatic carbocycles. The molecule has 0 unspecified atom stereocenters. The zero-order valence-electron chi connectivity index (χ0n) is 16.7. The van der Waals surface area contributed by atoms with E-state index < -0.39 is 6.10 Å². The van der Waals surface area contributed by atoms with Crippen LogP contribution in [0.25, 0.3) is 5.52 Å². The van der Waals surface area contributed by atoms with Gasteiger partial charge < -0.3 is 14.2 Å². The van der Waals surface area contributed by atoms with Crippen molar-refractivity contribution >= 4 is 17.1 Å². The minimum Gasteiger partial charge on any atom is -0.497 e. The van der Waals surface area contributed by atoms with E-state index in [1.165, 1.54) is 24.0 Å². The van der Waals surface area contributed by atoms with Crippen LogP contribution in [0.3, 0.4) is 0 Å². The molecule has 5 heteroatoms. The topological polar surface area (TPSA) is 46.8 Å². The number of benzene rings is 1. The largest absolute Gasteiger partial charge is 0.497 e. The van der Waals surface area contributed by atoms with E-state index in [4.69, 9.17) is 16.3 Å². The Balaban J connectivity index is 1.36. The van der Waals surface area contributed by atoms with Crippen molar-refractivity contribution in [3.05, 3.63) is 64.7 Å². The minimum absolute atomic E-state index is 0.272. The molecule has 5 rings (SSSR count). The summed E-state index contributed by atoms with van der Waals surface area (Å²) >= 11 is 6.51. The molecule has 0 amide bonds. The molecule has 2 aliphatic rings. The molecule has 1 atom stereocenters. The lowest BCUT2D eigenvalue weighted by Gasteiger charge is -2.33. The highest BCUT2D eigenvalue weighted by atomic mass is 35.5. The Labute approximate surface area is 176 Å². The number of ether oxygens (including phenoxy) is 1. The molecular weight excluding hydrogens is 384 g/mol. The third-order valence-electron chi connectivity index (χ3n) is 6.82. The molecule has 2 fully saturated rings. The molecule has 152 valence electrons. The number of aliphatic hydroxyl groups excluding tert-OH is 1. The predicted octanol–water partition coefficient (Wildman–Crippen LogP) is 5.88. The van der Waals surface area contributed by atoms with Crippen molar-refractivity contribution in [2.75, 3.05) is 7.11 Å². The third kappa shape index (κ3) is 3.53. The lowest BCUT2D eigenvalue weighted by molar-refractivity contribution is 0.0754. The first kappa shape index (κ1) is 19.0. The molecule has 3 aromatic rings. The second kappa shape index (κ2) is 7.66. The maximum Gasteiger partial charge on any atom is 0.120 e. The summed E-state index contributed by atoms with van der Waals surface area (Å²) in [5.74, 6) is 2.11. The molecule has 2 saturated carbocycles. The van der Waals surface area contributed by atoms with Gasteiger partial charge in [0.05, 0.1) is 36.9 Å². The van der Waals surface area contributed by atoms with Crippen molar-refractivity contribution in [1.29, 1.82) is 0 Å². The van der Waals surface area contributed by atoms with Crippen LogP contribution in [0.15, 0.2) is 42.9 Å². The molecular formula is C24H27ClN2O2. The Morgan fingerprint density at radius 3 is 2.41 bits per heavy atom. The highest BCUT2D eigenvalue weighted by molar-refractivity contribution is 6.31. The van der Waals surface area contributed by atoms with Crippen molar-refractivity contribution < 1.29 is 9.84 Å². The van der Waals surface area contributed by atoms with Crippen LogP contribution in [-0.2, 0) is 0 Å². The van der Waals surface area contributed by atoms with E-state index in [-0.39, 0.29) is 5.92 Å². The quantitative estimate of drug-likeness (QED) is 0.571. The van der Waals surface area contributed by atoms with Gasteiger partial charge in [-0.15, -0.1) is 0 Å². The van der Waals surface area contributed by atoms with Crippen molar-refractivity contribution in [3.8, 4) is 5.75 Å². The van der Waals surface area contributed by atoms with Gasteiger partial charge in [-0.3, -0.25) is 0 Å². The predicted molar refractivity (Wildman–Crippen MR) is 115 cm³/mol. The van der Waals surface area contributed by atoms with Crippen LogP contribution in [0.4, 0.5) is 0 Å². The summed E-state index contributed by atoms with van der Waals surface area (Å²) in [7, 11) is 1.66. The Kier molecular flexibility index (Phi) is 5.00. The molecule has 0 aliphatic heterocycles. The van der Waals surface area contributed by atoms with Gasteiger partial charge in [-0.2, -0.15) is 0 Å². The number of methoxy groups -OCH3 is 1. The number of aromatic nitrogens is 2. The zero-order valence-corrected chi connectivity index (χ0v) is 17.5. The molecule has 0 bridgehead atoms. The second-order valence-corrected chi connectivity index (χ2v) is 8.99. The normalized spacial score (nSPS) is 23.3. The average molecular weight is 411 g/mol. The van der Waals surface area contributed by atoms with E-state index in [0.29, 0.717) is 11.8 Å². The lowest BCUT2D eigenvalue weighted by Crippen LogP contribution is -2.22. The Morgan fingerprint density at radius 2 is 1.72 bits per heavy atom. The van der Waals surface area contributed by atoms with Gasteiger partial charge in [-0.25, -0.2) is 4.98 Å². The van der Waals surface area contributed by atoms with Gasteiger partial charge in [0.25, 0.3) is 0 Å². The van der Waals surface area contributed by atoms with Gasteiger partial charge in [0, 0.05) is 5.02 Å². The molecule has 2 aliphatic carbocycles. The van der Waals surface area contributed by atoms with Crippen molar-refractivity contribution in [3.63, 3.8) is 0 Å². The minimum atomic E-state index is -0.448. The van der Waals surface area contributed by atoms with Gasteiger partial charge in [-0.05, 0) is 85.6 Å². The van der Waals surface area contributed by atoms with Crippen LogP contribution in [-0.4, -0.2) is 21.6 Å². The third-order valence-corrected chi connectivity index (χ3v) is 7.15. The fourth-order valence-corrected chi connectivity index (χ4v) is 5.34. The number of hydrogen-bond acceptors (Lipinski definition) is 3. The highest BCUT2D eigenvalue weighted by Gasteiger charge is 2.34. The molecule has 4 nitrogen and oxygen atoms in total. The van der Waals surface area contributed by atoms with Crippen LogP contribution in [0.5, 0.6) is 5.75 Å². The smallest absolute Gasteiger partial charge is 0.120 e. The second-order valence-electron chi connectivity index (χ2n) is 8.58. The van der Waals surface area contributed by atoms with E-state index in [9.17, 15) is 5.11 Å². The zero-order chi connectivity index (χ0) is 20.0. The maximum atomic E-state index is 11.4. The number of nitrogens with zero attached hydrogens (tertiary/aromatic N) is 2. The van der Waals surface area contributed by atoms with Crippen LogP contribution in [0, 0.1) is 5.92 Å². The van der Waals surface area contributed by atoms with Gasteiger partial charge in [0.2, 0.25) is 0 Å². The Bertz CT molecular complexity index is 1020. The Hall–Kier alpha value is -2.04. The molecule has 0 radical (unpaired) electrons. The number of fused-ring (bicyclic) bond motifs is 1. The van der Waals surface area contributed by atoms with Crippen LogP contribution >= 0.6 is 11.6 Å².